The minimum atomic E-state index is 0.0105. The minimum Gasteiger partial charge on any atom is -0.353 e. The number of thioether (sulfide) groups is 1. The third kappa shape index (κ3) is 2.72. The van der Waals surface area contributed by atoms with Gasteiger partial charge in [-0.05, 0) is 18.6 Å². The van der Waals surface area contributed by atoms with Crippen molar-refractivity contribution in [1.29, 1.82) is 0 Å². The smallest absolute Gasteiger partial charge is 0.132 e. The monoisotopic (exact) mass is 195 g/mol. The first-order chi connectivity index (χ1) is 6.36. The summed E-state index contributed by atoms with van der Waals surface area (Å²) in [5.74, 6) is 1.09. The van der Waals surface area contributed by atoms with Crippen molar-refractivity contribution in [3.63, 3.8) is 0 Å². The van der Waals surface area contributed by atoms with Crippen LogP contribution in [0.25, 0.3) is 0 Å². The summed E-state index contributed by atoms with van der Waals surface area (Å²) >= 11 is 1.86. The summed E-state index contributed by atoms with van der Waals surface area (Å²) in [6.45, 7) is 0. The van der Waals surface area contributed by atoms with Crippen LogP contribution in [0, 0.1) is 0 Å². The molecule has 0 amide bonds. The van der Waals surface area contributed by atoms with Crippen LogP contribution in [0.2, 0.25) is 0 Å². The van der Waals surface area contributed by atoms with Crippen molar-refractivity contribution in [3.8, 4) is 0 Å². The van der Waals surface area contributed by atoms with Gasteiger partial charge in [-0.1, -0.05) is 18.2 Å². The van der Waals surface area contributed by atoms with Gasteiger partial charge in [0.15, 0.2) is 0 Å². The molecule has 1 heterocycles. The Morgan fingerprint density at radius 1 is 1.31 bits per heavy atom. The maximum Gasteiger partial charge on any atom is 0.132 e. The number of benzene rings is 1. The number of rotatable bonds is 4. The molecule has 3 heteroatoms. The quantitative estimate of drug-likeness (QED) is 0.588. The van der Waals surface area contributed by atoms with Crippen LogP contribution in [0.3, 0.4) is 0 Å². The molecule has 0 aliphatic carbocycles. The predicted octanol–water partition coefficient (Wildman–Crippen LogP) is 1.85. The lowest BCUT2D eigenvalue weighted by molar-refractivity contribution is 0.371. The molecule has 1 fully saturated rings. The molecule has 1 saturated heterocycles. The molecule has 70 valence electrons. The molecule has 2 nitrogen and oxygen atoms in total. The second kappa shape index (κ2) is 4.13. The van der Waals surface area contributed by atoms with E-state index in [0.29, 0.717) is 6.10 Å². The van der Waals surface area contributed by atoms with Crippen LogP contribution in [0.4, 0.5) is 0 Å². The van der Waals surface area contributed by atoms with Crippen molar-refractivity contribution in [2.75, 3.05) is 5.75 Å². The van der Waals surface area contributed by atoms with E-state index in [9.17, 15) is 0 Å². The molecule has 2 atom stereocenters. The highest BCUT2D eigenvalue weighted by atomic mass is 32.2. The van der Waals surface area contributed by atoms with E-state index < -0.39 is 0 Å². The van der Waals surface area contributed by atoms with Gasteiger partial charge < -0.3 is 10.5 Å². The van der Waals surface area contributed by atoms with E-state index in [0.717, 1.165) is 12.2 Å². The third-order valence-electron chi connectivity index (χ3n) is 2.04. The van der Waals surface area contributed by atoms with E-state index in [1.165, 1.54) is 4.90 Å². The SMILES string of the molecule is NC1O[C@H]1CCSc1ccccc1. The lowest BCUT2D eigenvalue weighted by atomic mass is 10.3. The highest BCUT2D eigenvalue weighted by Gasteiger charge is 2.34. The zero-order valence-electron chi connectivity index (χ0n) is 7.35. The molecule has 1 aromatic rings. The van der Waals surface area contributed by atoms with Crippen LogP contribution in [-0.2, 0) is 4.74 Å². The molecule has 1 unspecified atom stereocenters. The summed E-state index contributed by atoms with van der Waals surface area (Å²) in [6.07, 6.45) is 1.38. The van der Waals surface area contributed by atoms with Crippen LogP contribution < -0.4 is 5.73 Å². The second-order valence-electron chi connectivity index (χ2n) is 3.09. The van der Waals surface area contributed by atoms with Gasteiger partial charge in [-0.3, -0.25) is 0 Å². The van der Waals surface area contributed by atoms with E-state index in [1.54, 1.807) is 0 Å². The molecular weight excluding hydrogens is 182 g/mol. The first-order valence-electron chi connectivity index (χ1n) is 4.45. The van der Waals surface area contributed by atoms with Crippen molar-refractivity contribution >= 4 is 11.8 Å². The van der Waals surface area contributed by atoms with Crippen LogP contribution in [0.1, 0.15) is 6.42 Å². The Bertz CT molecular complexity index is 265. The van der Waals surface area contributed by atoms with E-state index >= 15 is 0 Å². The first-order valence-corrected chi connectivity index (χ1v) is 5.44. The van der Waals surface area contributed by atoms with E-state index in [4.69, 9.17) is 10.5 Å². The standard InChI is InChI=1S/C10H13NOS/c11-10-9(12-10)6-7-13-8-4-2-1-3-5-8/h1-5,9-10H,6-7,11H2/t9-,10?/m0/s1. The number of ether oxygens (including phenoxy) is 1. The molecular formula is C10H13NOS. The highest BCUT2D eigenvalue weighted by Crippen LogP contribution is 2.25. The Labute approximate surface area is 82.5 Å². The van der Waals surface area contributed by atoms with Gasteiger partial charge in [0.2, 0.25) is 0 Å². The van der Waals surface area contributed by atoms with Gasteiger partial charge in [-0.2, -0.15) is 0 Å². The van der Waals surface area contributed by atoms with Crippen LogP contribution >= 0.6 is 11.8 Å². The first kappa shape index (κ1) is 9.06. The highest BCUT2D eigenvalue weighted by molar-refractivity contribution is 7.99. The number of hydrogen-bond acceptors (Lipinski definition) is 3. The summed E-state index contributed by atoms with van der Waals surface area (Å²) in [6, 6.07) is 10.4. The molecule has 2 N–H and O–H groups in total. The summed E-state index contributed by atoms with van der Waals surface area (Å²) < 4.78 is 5.12. The van der Waals surface area contributed by atoms with Crippen LogP contribution in [-0.4, -0.2) is 18.1 Å². The molecule has 1 aliphatic rings. The number of epoxide rings is 1. The predicted molar refractivity (Wildman–Crippen MR) is 54.6 cm³/mol. The maximum atomic E-state index is 5.51. The third-order valence-corrected chi connectivity index (χ3v) is 3.08. The summed E-state index contributed by atoms with van der Waals surface area (Å²) in [7, 11) is 0. The Balaban J connectivity index is 1.68. The average Bonchev–Trinajstić information content (AvgIpc) is 2.84. The van der Waals surface area contributed by atoms with Gasteiger partial charge in [0.05, 0.1) is 6.10 Å². The van der Waals surface area contributed by atoms with Crippen LogP contribution in [0.5, 0.6) is 0 Å². The second-order valence-corrected chi connectivity index (χ2v) is 4.26. The normalized spacial score (nSPS) is 25.9. The topological polar surface area (TPSA) is 38.5 Å². The number of hydrogen-bond donors (Lipinski definition) is 1. The fraction of sp³-hybridized carbons (Fsp3) is 0.400. The molecule has 1 aliphatic heterocycles. The van der Waals surface area contributed by atoms with Gasteiger partial charge in [0.1, 0.15) is 6.23 Å². The molecule has 1 aromatic carbocycles. The zero-order valence-corrected chi connectivity index (χ0v) is 8.17. The van der Waals surface area contributed by atoms with Crippen molar-refractivity contribution in [3.05, 3.63) is 30.3 Å². The largest absolute Gasteiger partial charge is 0.353 e. The summed E-state index contributed by atoms with van der Waals surface area (Å²) in [5.41, 5.74) is 5.51. The van der Waals surface area contributed by atoms with E-state index in [2.05, 4.69) is 24.3 Å². The van der Waals surface area contributed by atoms with Gasteiger partial charge in [-0.25, -0.2) is 0 Å². The molecule has 0 radical (unpaired) electrons. The maximum absolute atomic E-state index is 5.51. The summed E-state index contributed by atoms with van der Waals surface area (Å²) in [4.78, 5) is 1.32. The molecule has 0 aromatic heterocycles. The van der Waals surface area contributed by atoms with Gasteiger partial charge in [0.25, 0.3) is 0 Å². The van der Waals surface area contributed by atoms with Crippen molar-refractivity contribution in [2.24, 2.45) is 5.73 Å². The minimum absolute atomic E-state index is 0.0105. The number of nitrogens with two attached hydrogens (primary N) is 1. The van der Waals surface area contributed by atoms with Crippen molar-refractivity contribution < 1.29 is 4.74 Å². The summed E-state index contributed by atoms with van der Waals surface area (Å²) in [5, 5.41) is 0. The lowest BCUT2D eigenvalue weighted by Crippen LogP contribution is -2.05. The lowest BCUT2D eigenvalue weighted by Gasteiger charge is -1.98. The molecule has 0 saturated carbocycles. The van der Waals surface area contributed by atoms with E-state index in [-0.39, 0.29) is 6.23 Å². The Kier molecular flexibility index (Phi) is 2.88. The Morgan fingerprint density at radius 2 is 2.00 bits per heavy atom. The molecule has 2 rings (SSSR count). The fourth-order valence-corrected chi connectivity index (χ4v) is 2.13. The van der Waals surface area contributed by atoms with Crippen molar-refractivity contribution in [1.82, 2.24) is 0 Å². The van der Waals surface area contributed by atoms with Crippen molar-refractivity contribution in [2.45, 2.75) is 23.6 Å². The van der Waals surface area contributed by atoms with Gasteiger partial charge in [0, 0.05) is 10.6 Å². The zero-order chi connectivity index (χ0) is 9.10. The fourth-order valence-electron chi connectivity index (χ4n) is 1.20. The molecule has 13 heavy (non-hydrogen) atoms. The van der Waals surface area contributed by atoms with E-state index in [1.807, 2.05) is 17.8 Å². The van der Waals surface area contributed by atoms with Gasteiger partial charge in [-0.15, -0.1) is 11.8 Å². The average molecular weight is 195 g/mol. The van der Waals surface area contributed by atoms with Gasteiger partial charge >= 0.3 is 0 Å². The molecule has 0 bridgehead atoms. The Morgan fingerprint density at radius 3 is 2.62 bits per heavy atom. The Hall–Kier alpha value is -0.510. The molecule has 0 spiro atoms. The van der Waals surface area contributed by atoms with Crippen LogP contribution in [0.15, 0.2) is 35.2 Å².